The van der Waals surface area contributed by atoms with Gasteiger partial charge < -0.3 is 19.9 Å². The summed E-state index contributed by atoms with van der Waals surface area (Å²) >= 11 is -1.52. The Labute approximate surface area is 102 Å². The summed E-state index contributed by atoms with van der Waals surface area (Å²) in [6, 6.07) is 3.92. The van der Waals surface area contributed by atoms with Crippen molar-refractivity contribution in [2.45, 2.75) is 11.3 Å². The molecule has 0 heterocycles. The first-order chi connectivity index (χ1) is 8.08. The molecule has 0 aliphatic heterocycles. The van der Waals surface area contributed by atoms with Crippen LogP contribution in [0.25, 0.3) is 0 Å². The smallest absolute Gasteiger partial charge is 0.200 e. The van der Waals surface area contributed by atoms with Crippen LogP contribution in [0.1, 0.15) is 6.42 Å². The van der Waals surface area contributed by atoms with E-state index in [2.05, 4.69) is 0 Å². The average molecular weight is 251 g/mol. The number of benzene rings is 1. The SMILES string of the molecule is [O-][S+](C1=CC=C(O)C[CH]1)c1ccc(O)cc1O. The van der Waals surface area contributed by atoms with E-state index in [0.717, 1.165) is 6.07 Å². The molecule has 0 fully saturated rings. The van der Waals surface area contributed by atoms with Gasteiger partial charge in [-0.05, 0) is 18.2 Å². The number of phenolic OH excluding ortho intramolecular Hbond substituents is 2. The molecule has 1 aliphatic carbocycles. The van der Waals surface area contributed by atoms with Crippen LogP contribution in [0.3, 0.4) is 0 Å². The highest BCUT2D eigenvalue weighted by Gasteiger charge is 2.23. The number of rotatable bonds is 2. The Kier molecular flexibility index (Phi) is 3.31. The molecule has 1 aliphatic rings. The van der Waals surface area contributed by atoms with Gasteiger partial charge in [-0.25, -0.2) is 0 Å². The van der Waals surface area contributed by atoms with Gasteiger partial charge in [-0.15, -0.1) is 0 Å². The highest BCUT2D eigenvalue weighted by atomic mass is 32.2. The van der Waals surface area contributed by atoms with Crippen molar-refractivity contribution in [2.75, 3.05) is 0 Å². The molecule has 1 unspecified atom stereocenters. The van der Waals surface area contributed by atoms with E-state index >= 15 is 0 Å². The third-order valence-corrected chi connectivity index (χ3v) is 3.78. The Bertz CT molecular complexity index is 493. The maximum atomic E-state index is 12.1. The third kappa shape index (κ3) is 2.57. The van der Waals surface area contributed by atoms with Crippen molar-refractivity contribution < 1.29 is 19.9 Å². The molecule has 1 radical (unpaired) electrons. The second-order valence-corrected chi connectivity index (χ2v) is 5.00. The Morgan fingerprint density at radius 3 is 2.47 bits per heavy atom. The lowest BCUT2D eigenvalue weighted by atomic mass is 10.2. The zero-order valence-electron chi connectivity index (χ0n) is 8.83. The van der Waals surface area contributed by atoms with E-state index in [1.807, 2.05) is 0 Å². The van der Waals surface area contributed by atoms with Crippen LogP contribution in [0.2, 0.25) is 0 Å². The first-order valence-electron chi connectivity index (χ1n) is 4.94. The van der Waals surface area contributed by atoms with E-state index in [0.29, 0.717) is 11.3 Å². The fourth-order valence-electron chi connectivity index (χ4n) is 1.45. The topological polar surface area (TPSA) is 83.8 Å². The van der Waals surface area contributed by atoms with Crippen molar-refractivity contribution in [3.63, 3.8) is 0 Å². The zero-order chi connectivity index (χ0) is 12.4. The number of hydrogen-bond acceptors (Lipinski definition) is 4. The summed E-state index contributed by atoms with van der Waals surface area (Å²) in [7, 11) is 0. The number of aliphatic hydroxyl groups is 1. The second kappa shape index (κ2) is 4.73. The van der Waals surface area contributed by atoms with E-state index in [1.165, 1.54) is 18.2 Å². The number of aromatic hydroxyl groups is 2. The minimum absolute atomic E-state index is 0.0811. The lowest BCUT2D eigenvalue weighted by Gasteiger charge is -2.15. The molecule has 17 heavy (non-hydrogen) atoms. The van der Waals surface area contributed by atoms with Crippen molar-refractivity contribution in [3.05, 3.63) is 47.4 Å². The first-order valence-corrected chi connectivity index (χ1v) is 6.09. The monoisotopic (exact) mass is 251 g/mol. The van der Waals surface area contributed by atoms with Crippen LogP contribution in [0.15, 0.2) is 45.9 Å². The maximum Gasteiger partial charge on any atom is 0.200 e. The third-order valence-electron chi connectivity index (χ3n) is 2.31. The molecule has 1 aromatic carbocycles. The first kappa shape index (κ1) is 11.9. The molecule has 0 bridgehead atoms. The van der Waals surface area contributed by atoms with Crippen LogP contribution in [-0.2, 0) is 11.2 Å². The van der Waals surface area contributed by atoms with Gasteiger partial charge in [-0.1, -0.05) is 0 Å². The van der Waals surface area contributed by atoms with Gasteiger partial charge in [0.05, 0.1) is 5.76 Å². The van der Waals surface area contributed by atoms with E-state index < -0.39 is 11.2 Å². The summed E-state index contributed by atoms with van der Waals surface area (Å²) in [6.45, 7) is 0. The number of hydrogen-bond donors (Lipinski definition) is 3. The maximum absolute atomic E-state index is 12.1. The van der Waals surface area contributed by atoms with Gasteiger partial charge in [0.25, 0.3) is 0 Å². The quantitative estimate of drug-likeness (QED) is 0.703. The van der Waals surface area contributed by atoms with E-state index in [1.54, 1.807) is 12.5 Å². The lowest BCUT2D eigenvalue weighted by molar-refractivity contribution is 0.397. The van der Waals surface area contributed by atoms with E-state index in [9.17, 15) is 14.8 Å². The molecule has 4 nitrogen and oxygen atoms in total. The molecule has 0 saturated heterocycles. The Morgan fingerprint density at radius 1 is 1.12 bits per heavy atom. The summed E-state index contributed by atoms with van der Waals surface area (Å²) in [5.41, 5.74) is 0. The summed E-state index contributed by atoms with van der Waals surface area (Å²) in [6.07, 6.45) is 4.99. The molecule has 0 amide bonds. The minimum atomic E-state index is -1.52. The molecular formula is C12H11O4S. The van der Waals surface area contributed by atoms with Gasteiger partial charge in [-0.3, -0.25) is 0 Å². The van der Waals surface area contributed by atoms with Gasteiger partial charge in [0.15, 0.2) is 10.6 Å². The van der Waals surface area contributed by atoms with Crippen LogP contribution >= 0.6 is 0 Å². The largest absolute Gasteiger partial charge is 0.607 e. The molecule has 0 saturated carbocycles. The standard InChI is InChI=1S/C12H11O4S/c13-8-1-4-10(5-2-8)17(16)12-6-3-9(14)7-11(12)15/h1,3-7,13-15H,2H2. The van der Waals surface area contributed by atoms with Gasteiger partial charge in [0.2, 0.25) is 0 Å². The van der Waals surface area contributed by atoms with Gasteiger partial charge in [-0.2, -0.15) is 0 Å². The van der Waals surface area contributed by atoms with Gasteiger partial charge >= 0.3 is 0 Å². The molecule has 89 valence electrons. The van der Waals surface area contributed by atoms with Crippen molar-refractivity contribution >= 4 is 11.2 Å². The highest BCUT2D eigenvalue weighted by Crippen LogP contribution is 2.33. The van der Waals surface area contributed by atoms with Gasteiger partial charge in [0, 0.05) is 36.2 Å². The Hall–Kier alpha value is -1.59. The second-order valence-electron chi connectivity index (χ2n) is 3.56. The number of aliphatic hydroxyl groups excluding tert-OH is 1. The summed E-state index contributed by atoms with van der Waals surface area (Å²) < 4.78 is 12.1. The van der Waals surface area contributed by atoms with Crippen molar-refractivity contribution in [1.82, 2.24) is 0 Å². The van der Waals surface area contributed by atoms with Crippen molar-refractivity contribution in [1.29, 1.82) is 0 Å². The summed E-state index contributed by atoms with van der Waals surface area (Å²) in [5.74, 6) is -0.0838. The fourth-order valence-corrected chi connectivity index (χ4v) is 2.57. The minimum Gasteiger partial charge on any atom is -0.607 e. The molecular weight excluding hydrogens is 240 g/mol. The molecule has 1 atom stereocenters. The summed E-state index contributed by atoms with van der Waals surface area (Å²) in [4.78, 5) is 0.754. The molecule has 0 aromatic heterocycles. The molecule has 0 spiro atoms. The predicted octanol–water partition coefficient (Wildman–Crippen LogP) is 2.14. The molecule has 1 aromatic rings. The number of phenols is 2. The van der Waals surface area contributed by atoms with Crippen molar-refractivity contribution in [2.24, 2.45) is 0 Å². The van der Waals surface area contributed by atoms with E-state index in [-0.39, 0.29) is 22.2 Å². The Balaban J connectivity index is 2.28. The average Bonchev–Trinajstić information content (AvgIpc) is 2.29. The molecule has 5 heteroatoms. The molecule has 2 rings (SSSR count). The van der Waals surface area contributed by atoms with Crippen LogP contribution in [0, 0.1) is 6.42 Å². The van der Waals surface area contributed by atoms with Crippen LogP contribution < -0.4 is 0 Å². The number of allylic oxidation sites excluding steroid dienone is 4. The normalized spacial score (nSPS) is 17.2. The fraction of sp³-hybridized carbons (Fsp3) is 0.0833. The van der Waals surface area contributed by atoms with E-state index in [4.69, 9.17) is 5.11 Å². The van der Waals surface area contributed by atoms with Crippen molar-refractivity contribution in [3.8, 4) is 11.5 Å². The summed E-state index contributed by atoms with van der Waals surface area (Å²) in [5, 5.41) is 27.9. The lowest BCUT2D eigenvalue weighted by Crippen LogP contribution is -2.08. The zero-order valence-corrected chi connectivity index (χ0v) is 9.65. The van der Waals surface area contributed by atoms with Crippen LogP contribution in [0.5, 0.6) is 11.5 Å². The van der Waals surface area contributed by atoms with Gasteiger partial charge in [0.1, 0.15) is 10.7 Å². The highest BCUT2D eigenvalue weighted by molar-refractivity contribution is 7.95. The van der Waals surface area contributed by atoms with Crippen LogP contribution in [0.4, 0.5) is 0 Å². The molecule has 3 N–H and O–H groups in total. The predicted molar refractivity (Wildman–Crippen MR) is 63.9 cm³/mol. The Morgan fingerprint density at radius 2 is 1.88 bits per heavy atom. The van der Waals surface area contributed by atoms with Crippen LogP contribution in [-0.4, -0.2) is 19.9 Å².